The largest absolute Gasteiger partial charge is 0.369 e. The molecule has 2 N–H and O–H groups in total. The van der Waals surface area contributed by atoms with Gasteiger partial charge in [0.2, 0.25) is 5.91 Å². The van der Waals surface area contributed by atoms with Gasteiger partial charge in [0.1, 0.15) is 0 Å². The highest BCUT2D eigenvalue weighted by atomic mass is 16.1. The van der Waals surface area contributed by atoms with Crippen LogP contribution in [0.1, 0.15) is 13.8 Å². The van der Waals surface area contributed by atoms with Gasteiger partial charge < -0.3 is 5.73 Å². The van der Waals surface area contributed by atoms with Gasteiger partial charge in [0, 0.05) is 25.2 Å². The van der Waals surface area contributed by atoms with Gasteiger partial charge in [0.05, 0.1) is 6.54 Å². The molecule has 0 bridgehead atoms. The number of carbonyl (C=O) groups is 1. The van der Waals surface area contributed by atoms with Crippen molar-refractivity contribution in [1.29, 1.82) is 0 Å². The second-order valence-corrected chi connectivity index (χ2v) is 4.02. The lowest BCUT2D eigenvalue weighted by Crippen LogP contribution is -2.56. The fraction of sp³-hybridized carbons (Fsp3) is 0.889. The fourth-order valence-corrected chi connectivity index (χ4v) is 1.86. The molecule has 1 aliphatic heterocycles. The molecule has 0 aromatic rings. The van der Waals surface area contributed by atoms with Crippen LogP contribution in [0.3, 0.4) is 0 Å². The van der Waals surface area contributed by atoms with Crippen molar-refractivity contribution in [3.05, 3.63) is 0 Å². The Bertz CT molecular complexity index is 183. The molecule has 0 aromatic carbocycles. The summed E-state index contributed by atoms with van der Waals surface area (Å²) in [5.74, 6) is -0.232. The molecule has 1 saturated heterocycles. The van der Waals surface area contributed by atoms with Crippen LogP contribution in [-0.4, -0.2) is 54.5 Å². The smallest absolute Gasteiger partial charge is 0.231 e. The Hall–Kier alpha value is -0.610. The van der Waals surface area contributed by atoms with E-state index in [2.05, 4.69) is 30.7 Å². The number of likely N-dealkylation sites (N-methyl/N-ethyl adjacent to an activating group) is 1. The molecule has 1 amide bonds. The Kier molecular flexibility index (Phi) is 3.27. The van der Waals surface area contributed by atoms with Crippen molar-refractivity contribution in [3.8, 4) is 0 Å². The van der Waals surface area contributed by atoms with Crippen LogP contribution >= 0.6 is 0 Å². The average molecular weight is 185 g/mol. The lowest BCUT2D eigenvalue weighted by atomic mass is 10.1. The molecule has 13 heavy (non-hydrogen) atoms. The van der Waals surface area contributed by atoms with E-state index in [-0.39, 0.29) is 5.91 Å². The van der Waals surface area contributed by atoms with Crippen molar-refractivity contribution in [2.45, 2.75) is 25.9 Å². The van der Waals surface area contributed by atoms with Gasteiger partial charge in [-0.05, 0) is 20.9 Å². The zero-order chi connectivity index (χ0) is 10.0. The van der Waals surface area contributed by atoms with Gasteiger partial charge in [-0.1, -0.05) is 0 Å². The van der Waals surface area contributed by atoms with E-state index in [1.807, 2.05) is 0 Å². The lowest BCUT2D eigenvalue weighted by Gasteiger charge is -2.41. The van der Waals surface area contributed by atoms with Crippen molar-refractivity contribution < 1.29 is 4.79 Å². The Labute approximate surface area is 79.7 Å². The molecular weight excluding hydrogens is 166 g/mol. The molecule has 0 radical (unpaired) electrons. The Morgan fingerprint density at radius 1 is 1.38 bits per heavy atom. The van der Waals surface area contributed by atoms with Crippen LogP contribution in [0.25, 0.3) is 0 Å². The number of rotatable bonds is 2. The number of hydrogen-bond donors (Lipinski definition) is 1. The minimum absolute atomic E-state index is 0.232. The summed E-state index contributed by atoms with van der Waals surface area (Å²) in [6.07, 6.45) is 0. The predicted molar refractivity (Wildman–Crippen MR) is 52.3 cm³/mol. The SMILES string of the molecule is C[C@@H]1CN(CC(N)=O)C[C@H](C)N1C. The summed E-state index contributed by atoms with van der Waals surface area (Å²) in [5.41, 5.74) is 5.15. The maximum Gasteiger partial charge on any atom is 0.231 e. The summed E-state index contributed by atoms with van der Waals surface area (Å²) in [6, 6.07) is 1.01. The summed E-state index contributed by atoms with van der Waals surface area (Å²) in [4.78, 5) is 15.2. The third kappa shape index (κ3) is 2.67. The Balaban J connectivity index is 2.48. The summed E-state index contributed by atoms with van der Waals surface area (Å²) in [5, 5.41) is 0. The van der Waals surface area contributed by atoms with E-state index in [0.29, 0.717) is 18.6 Å². The van der Waals surface area contributed by atoms with Crippen LogP contribution in [-0.2, 0) is 4.79 Å². The molecule has 0 spiro atoms. The van der Waals surface area contributed by atoms with Crippen molar-refractivity contribution >= 4 is 5.91 Å². The molecular formula is C9H19N3O. The van der Waals surface area contributed by atoms with Crippen LogP contribution < -0.4 is 5.73 Å². The van der Waals surface area contributed by atoms with Gasteiger partial charge in [0.15, 0.2) is 0 Å². The second kappa shape index (κ2) is 4.07. The molecule has 1 heterocycles. The quantitative estimate of drug-likeness (QED) is 0.631. The summed E-state index contributed by atoms with van der Waals surface area (Å²) in [6.45, 7) is 6.60. The predicted octanol–water partition coefficient (Wildman–Crippen LogP) is -0.504. The van der Waals surface area contributed by atoms with Crippen LogP contribution in [0.5, 0.6) is 0 Å². The van der Waals surface area contributed by atoms with Gasteiger partial charge in [-0.3, -0.25) is 14.6 Å². The number of hydrogen-bond acceptors (Lipinski definition) is 3. The molecule has 2 atom stereocenters. The summed E-state index contributed by atoms with van der Waals surface area (Å²) >= 11 is 0. The van der Waals surface area contributed by atoms with Crippen molar-refractivity contribution in [2.24, 2.45) is 5.73 Å². The topological polar surface area (TPSA) is 49.6 Å². The number of nitrogens with zero attached hydrogens (tertiary/aromatic N) is 2. The molecule has 0 aromatic heterocycles. The maximum absolute atomic E-state index is 10.7. The van der Waals surface area contributed by atoms with E-state index >= 15 is 0 Å². The average Bonchev–Trinajstić information content (AvgIpc) is 1.98. The molecule has 0 unspecified atom stereocenters. The highest BCUT2D eigenvalue weighted by Crippen LogP contribution is 2.12. The standard InChI is InChI=1S/C9H19N3O/c1-7-4-12(6-9(10)13)5-8(2)11(7)3/h7-8H,4-6H2,1-3H3,(H2,10,13)/t7-,8+. The number of amides is 1. The first-order valence-corrected chi connectivity index (χ1v) is 4.73. The highest BCUT2D eigenvalue weighted by Gasteiger charge is 2.26. The normalized spacial score (nSPS) is 31.9. The molecule has 76 valence electrons. The van der Waals surface area contributed by atoms with Crippen LogP contribution in [0.15, 0.2) is 0 Å². The van der Waals surface area contributed by atoms with E-state index in [9.17, 15) is 4.79 Å². The zero-order valence-corrected chi connectivity index (χ0v) is 8.66. The van der Waals surface area contributed by atoms with E-state index < -0.39 is 0 Å². The fourth-order valence-electron chi connectivity index (χ4n) is 1.86. The third-order valence-electron chi connectivity index (χ3n) is 2.81. The highest BCUT2D eigenvalue weighted by molar-refractivity contribution is 5.75. The van der Waals surface area contributed by atoms with E-state index in [4.69, 9.17) is 5.73 Å². The minimum atomic E-state index is -0.232. The molecule has 1 fully saturated rings. The molecule has 1 rings (SSSR count). The lowest BCUT2D eigenvalue weighted by molar-refractivity contribution is -0.120. The van der Waals surface area contributed by atoms with Gasteiger partial charge in [-0.15, -0.1) is 0 Å². The maximum atomic E-state index is 10.7. The summed E-state index contributed by atoms with van der Waals surface area (Å²) < 4.78 is 0. The molecule has 4 nitrogen and oxygen atoms in total. The molecule has 1 aliphatic rings. The monoisotopic (exact) mass is 185 g/mol. The van der Waals surface area contributed by atoms with E-state index in [1.54, 1.807) is 0 Å². The van der Waals surface area contributed by atoms with Crippen LogP contribution in [0, 0.1) is 0 Å². The third-order valence-corrected chi connectivity index (χ3v) is 2.81. The van der Waals surface area contributed by atoms with E-state index in [1.165, 1.54) is 0 Å². The summed E-state index contributed by atoms with van der Waals surface area (Å²) in [7, 11) is 2.12. The Morgan fingerprint density at radius 3 is 2.23 bits per heavy atom. The first-order valence-electron chi connectivity index (χ1n) is 4.73. The van der Waals surface area contributed by atoms with E-state index in [0.717, 1.165) is 13.1 Å². The Morgan fingerprint density at radius 2 is 1.85 bits per heavy atom. The van der Waals surface area contributed by atoms with Gasteiger partial charge in [-0.25, -0.2) is 0 Å². The number of piperazine rings is 1. The number of carbonyl (C=O) groups excluding carboxylic acids is 1. The molecule has 4 heteroatoms. The van der Waals surface area contributed by atoms with Crippen molar-refractivity contribution in [3.63, 3.8) is 0 Å². The number of nitrogens with two attached hydrogens (primary N) is 1. The van der Waals surface area contributed by atoms with Crippen LogP contribution in [0.2, 0.25) is 0 Å². The van der Waals surface area contributed by atoms with Gasteiger partial charge in [0.25, 0.3) is 0 Å². The van der Waals surface area contributed by atoms with Crippen LogP contribution in [0.4, 0.5) is 0 Å². The van der Waals surface area contributed by atoms with Gasteiger partial charge in [-0.2, -0.15) is 0 Å². The molecule has 0 aliphatic carbocycles. The zero-order valence-electron chi connectivity index (χ0n) is 8.66. The van der Waals surface area contributed by atoms with Gasteiger partial charge >= 0.3 is 0 Å². The number of primary amides is 1. The minimum Gasteiger partial charge on any atom is -0.369 e. The van der Waals surface area contributed by atoms with Crippen molar-refractivity contribution in [1.82, 2.24) is 9.80 Å². The first kappa shape index (κ1) is 10.5. The van der Waals surface area contributed by atoms with Crippen molar-refractivity contribution in [2.75, 3.05) is 26.7 Å². The first-order chi connectivity index (χ1) is 6.00. The second-order valence-electron chi connectivity index (χ2n) is 4.02. The molecule has 0 saturated carbocycles.